The van der Waals surface area contributed by atoms with Crippen LogP contribution in [0.3, 0.4) is 0 Å². The number of fused-ring (bicyclic) bond motifs is 1. The van der Waals surface area contributed by atoms with Crippen molar-refractivity contribution in [3.8, 4) is 17.0 Å². The van der Waals surface area contributed by atoms with Gasteiger partial charge in [0.2, 0.25) is 5.91 Å². The summed E-state index contributed by atoms with van der Waals surface area (Å²) in [6.07, 6.45) is 0. The number of nitro benzene ring substituents is 1. The first-order valence-corrected chi connectivity index (χ1v) is 10.1. The number of amides is 1. The van der Waals surface area contributed by atoms with Gasteiger partial charge in [-0.1, -0.05) is 0 Å². The van der Waals surface area contributed by atoms with Crippen LogP contribution in [0, 0.1) is 17.0 Å². The molecule has 0 aliphatic heterocycles. The number of nitrogens with zero attached hydrogens (tertiary/aromatic N) is 3. The number of rotatable bonds is 7. The van der Waals surface area contributed by atoms with E-state index in [2.05, 4.69) is 15.0 Å². The summed E-state index contributed by atoms with van der Waals surface area (Å²) in [6.45, 7) is -1.53. The van der Waals surface area contributed by atoms with Crippen molar-refractivity contribution in [2.45, 2.75) is 20.1 Å². The molecule has 0 radical (unpaired) electrons. The number of oxazole rings is 1. The van der Waals surface area contributed by atoms with Gasteiger partial charge in [0.05, 0.1) is 22.2 Å². The highest BCUT2D eigenvalue weighted by Gasteiger charge is 2.18. The molecule has 33 heavy (non-hydrogen) atoms. The Bertz CT molecular complexity index is 1410. The van der Waals surface area contributed by atoms with Crippen molar-refractivity contribution in [3.63, 3.8) is 0 Å². The number of carbonyl (C=O) groups is 1. The molecule has 2 aromatic carbocycles. The number of hydrogen-bond acceptors (Lipinski definition) is 8. The molecule has 1 N–H and O–H groups in total. The molecule has 0 atom stereocenters. The predicted molar refractivity (Wildman–Crippen MR) is 115 cm³/mol. The molecule has 0 fully saturated rings. The van der Waals surface area contributed by atoms with Gasteiger partial charge in [0.25, 0.3) is 5.69 Å². The summed E-state index contributed by atoms with van der Waals surface area (Å²) in [5, 5.41) is 13.8. The summed E-state index contributed by atoms with van der Waals surface area (Å²) in [6, 6.07) is 9.57. The second-order valence-electron chi connectivity index (χ2n) is 6.74. The molecule has 0 bridgehead atoms. The van der Waals surface area contributed by atoms with E-state index >= 15 is 0 Å². The Balaban J connectivity index is 1.50. The number of nitro groups is 1. The predicted octanol–water partition coefficient (Wildman–Crippen LogP) is 4.17. The van der Waals surface area contributed by atoms with Crippen molar-refractivity contribution in [1.29, 1.82) is 0 Å². The summed E-state index contributed by atoms with van der Waals surface area (Å²) in [4.78, 5) is 40.0. The zero-order chi connectivity index (χ0) is 23.7. The maximum absolute atomic E-state index is 12.5. The molecular weight excluding hydrogens is 462 g/mol. The number of alkyl halides is 2. The number of carbonyl (C=O) groups excluding carboxylic acids is 1. The largest absolute Gasteiger partial charge is 0.435 e. The highest BCUT2D eigenvalue weighted by molar-refractivity contribution is 7.16. The first-order chi connectivity index (χ1) is 15.7. The molecule has 4 rings (SSSR count). The molecule has 0 aliphatic carbocycles. The van der Waals surface area contributed by atoms with Crippen LogP contribution in [0.25, 0.3) is 22.4 Å². The minimum atomic E-state index is -2.92. The maximum Gasteiger partial charge on any atom is 0.420 e. The number of anilines is 1. The summed E-state index contributed by atoms with van der Waals surface area (Å²) in [7, 11) is 0. The Kier molecular flexibility index (Phi) is 5.87. The SMILES string of the molecule is Cc1sc(NC(=O)Cn2c(=O)oc3cc([N+](=O)[O-])ccc32)nc1-c1ccc(OC(F)F)cc1. The summed E-state index contributed by atoms with van der Waals surface area (Å²) in [5.74, 6) is -1.37. The Labute approximate surface area is 187 Å². The van der Waals surface area contributed by atoms with Gasteiger partial charge in [-0.05, 0) is 37.3 Å². The van der Waals surface area contributed by atoms with Crippen LogP contribution in [0.5, 0.6) is 5.75 Å². The van der Waals surface area contributed by atoms with Crippen LogP contribution in [-0.4, -0.2) is 27.0 Å². The number of halogens is 2. The van der Waals surface area contributed by atoms with Gasteiger partial charge in [-0.2, -0.15) is 8.78 Å². The average Bonchev–Trinajstić information content (AvgIpc) is 3.26. The van der Waals surface area contributed by atoms with Crippen LogP contribution < -0.4 is 15.8 Å². The third kappa shape index (κ3) is 4.72. The van der Waals surface area contributed by atoms with E-state index in [1.54, 1.807) is 19.1 Å². The lowest BCUT2D eigenvalue weighted by molar-refractivity contribution is -0.384. The van der Waals surface area contributed by atoms with E-state index in [4.69, 9.17) is 4.42 Å². The van der Waals surface area contributed by atoms with Crippen molar-refractivity contribution >= 4 is 39.2 Å². The van der Waals surface area contributed by atoms with Crippen LogP contribution in [0.1, 0.15) is 4.88 Å². The lowest BCUT2D eigenvalue weighted by Gasteiger charge is -2.05. The zero-order valence-corrected chi connectivity index (χ0v) is 17.6. The molecule has 1 amide bonds. The standard InChI is InChI=1S/C20H14F2N4O6S/c1-10-17(11-2-5-13(6-3-11)31-18(21)22)24-19(33-10)23-16(27)9-25-14-7-4-12(26(29)30)8-15(14)32-20(25)28/h2-8,18H,9H2,1H3,(H,23,24,27). The summed E-state index contributed by atoms with van der Waals surface area (Å²) < 4.78 is 35.0. The number of non-ortho nitro benzene ring substituents is 1. The fourth-order valence-corrected chi connectivity index (χ4v) is 3.98. The van der Waals surface area contributed by atoms with Gasteiger partial charge in [0.15, 0.2) is 10.7 Å². The average molecular weight is 476 g/mol. The van der Waals surface area contributed by atoms with Gasteiger partial charge in [0.1, 0.15) is 12.3 Å². The molecule has 0 spiro atoms. The summed E-state index contributed by atoms with van der Waals surface area (Å²) >= 11 is 1.20. The van der Waals surface area contributed by atoms with E-state index in [1.807, 2.05) is 0 Å². The molecule has 2 heterocycles. The van der Waals surface area contributed by atoms with Gasteiger partial charge in [0, 0.05) is 16.5 Å². The Morgan fingerprint density at radius 2 is 2.03 bits per heavy atom. The van der Waals surface area contributed by atoms with Gasteiger partial charge >= 0.3 is 12.4 Å². The lowest BCUT2D eigenvalue weighted by Crippen LogP contribution is -2.24. The van der Waals surface area contributed by atoms with Crippen molar-refractivity contribution < 1.29 is 27.7 Å². The third-order valence-electron chi connectivity index (χ3n) is 4.56. The number of hydrogen-bond donors (Lipinski definition) is 1. The van der Waals surface area contributed by atoms with Crippen molar-refractivity contribution in [3.05, 3.63) is 68.0 Å². The van der Waals surface area contributed by atoms with Crippen LogP contribution in [0.4, 0.5) is 19.6 Å². The molecule has 13 heteroatoms. The van der Waals surface area contributed by atoms with Crippen LogP contribution in [0.2, 0.25) is 0 Å². The van der Waals surface area contributed by atoms with Gasteiger partial charge in [-0.25, -0.2) is 9.78 Å². The minimum Gasteiger partial charge on any atom is -0.435 e. The van der Waals surface area contributed by atoms with E-state index < -0.39 is 29.7 Å². The number of aromatic nitrogens is 2. The Hall–Kier alpha value is -4.13. The number of thiazole rings is 1. The van der Waals surface area contributed by atoms with Gasteiger partial charge < -0.3 is 14.5 Å². The number of aryl methyl sites for hydroxylation is 1. The second kappa shape index (κ2) is 8.78. The maximum atomic E-state index is 12.5. The van der Waals surface area contributed by atoms with E-state index in [-0.39, 0.29) is 27.7 Å². The summed E-state index contributed by atoms with van der Waals surface area (Å²) in [5.41, 5.74) is 1.19. The van der Waals surface area contributed by atoms with E-state index in [0.29, 0.717) is 11.3 Å². The zero-order valence-electron chi connectivity index (χ0n) is 16.8. The molecule has 4 aromatic rings. The fourth-order valence-electron chi connectivity index (χ4n) is 3.13. The monoisotopic (exact) mass is 476 g/mol. The van der Waals surface area contributed by atoms with Gasteiger partial charge in [-0.15, -0.1) is 11.3 Å². The first kappa shape index (κ1) is 22.1. The van der Waals surface area contributed by atoms with Crippen LogP contribution in [-0.2, 0) is 11.3 Å². The highest BCUT2D eigenvalue weighted by atomic mass is 32.1. The molecule has 0 saturated heterocycles. The van der Waals surface area contributed by atoms with Crippen LogP contribution >= 0.6 is 11.3 Å². The van der Waals surface area contributed by atoms with Crippen molar-refractivity contribution in [2.75, 3.05) is 5.32 Å². The topological polar surface area (TPSA) is 130 Å². The minimum absolute atomic E-state index is 0.00588. The third-order valence-corrected chi connectivity index (χ3v) is 5.45. The highest BCUT2D eigenvalue weighted by Crippen LogP contribution is 2.31. The smallest absolute Gasteiger partial charge is 0.420 e. The molecule has 10 nitrogen and oxygen atoms in total. The van der Waals surface area contributed by atoms with E-state index in [0.717, 1.165) is 15.5 Å². The van der Waals surface area contributed by atoms with Crippen molar-refractivity contribution in [1.82, 2.24) is 9.55 Å². The van der Waals surface area contributed by atoms with E-state index in [1.165, 1.54) is 35.6 Å². The Morgan fingerprint density at radius 3 is 2.70 bits per heavy atom. The molecular formula is C20H14F2N4O6S. The fraction of sp³-hybridized carbons (Fsp3) is 0.150. The molecule has 0 unspecified atom stereocenters. The number of nitrogens with one attached hydrogen (secondary N) is 1. The van der Waals surface area contributed by atoms with Crippen molar-refractivity contribution in [2.24, 2.45) is 0 Å². The molecule has 0 aliphatic rings. The molecule has 170 valence electrons. The Morgan fingerprint density at radius 1 is 1.30 bits per heavy atom. The molecule has 0 saturated carbocycles. The van der Waals surface area contributed by atoms with Gasteiger partial charge in [-0.3, -0.25) is 19.5 Å². The number of ether oxygens (including phenoxy) is 1. The quantitative estimate of drug-likeness (QED) is 0.313. The normalized spacial score (nSPS) is 11.2. The van der Waals surface area contributed by atoms with Crippen LogP contribution in [0.15, 0.2) is 51.7 Å². The first-order valence-electron chi connectivity index (χ1n) is 9.31. The van der Waals surface area contributed by atoms with E-state index in [9.17, 15) is 28.5 Å². The lowest BCUT2D eigenvalue weighted by atomic mass is 10.1. The number of benzene rings is 2. The second-order valence-corrected chi connectivity index (χ2v) is 7.94. The molecule has 2 aromatic heterocycles.